The molecule has 0 aliphatic rings. The molecule has 0 N–H and O–H groups in total. The summed E-state index contributed by atoms with van der Waals surface area (Å²) in [5, 5.41) is 10.6. The van der Waals surface area contributed by atoms with E-state index in [-0.39, 0.29) is 5.92 Å². The van der Waals surface area contributed by atoms with Gasteiger partial charge in [-0.3, -0.25) is 4.90 Å². The fourth-order valence-electron chi connectivity index (χ4n) is 6.16. The minimum Gasteiger partial charge on any atom is -0.327 e. The van der Waals surface area contributed by atoms with Crippen LogP contribution in [0.3, 0.4) is 0 Å². The summed E-state index contributed by atoms with van der Waals surface area (Å²) < 4.78 is 2.45. The summed E-state index contributed by atoms with van der Waals surface area (Å²) in [5.74, 6) is 0.282. The molecule has 1 aromatic heterocycles. The smallest absolute Gasteiger partial charge is 0.0752 e. The molecular weight excluding hydrogens is 448 g/mol. The van der Waals surface area contributed by atoms with Crippen molar-refractivity contribution in [3.63, 3.8) is 0 Å². The summed E-state index contributed by atoms with van der Waals surface area (Å²) in [6.07, 6.45) is 0. The molecule has 37 heavy (non-hydrogen) atoms. The third kappa shape index (κ3) is 3.44. The van der Waals surface area contributed by atoms with Crippen LogP contribution in [-0.4, -0.2) is 23.6 Å². The van der Waals surface area contributed by atoms with Gasteiger partial charge in [0.2, 0.25) is 0 Å². The van der Waals surface area contributed by atoms with Gasteiger partial charge in [0.25, 0.3) is 0 Å². The van der Waals surface area contributed by atoms with Crippen LogP contribution in [0, 0.1) is 0 Å². The fraction of sp³-hybridized carbons (Fsp3) is 0.143. The number of benzene rings is 6. The topological polar surface area (TPSA) is 8.17 Å². The molecule has 0 saturated carbocycles. The lowest BCUT2D eigenvalue weighted by Crippen LogP contribution is -2.16. The second-order valence-electron chi connectivity index (χ2n) is 10.6. The van der Waals surface area contributed by atoms with E-state index in [2.05, 4.69) is 140 Å². The lowest BCUT2D eigenvalue weighted by atomic mass is 9.88. The molecule has 0 aliphatic carbocycles. The van der Waals surface area contributed by atoms with E-state index >= 15 is 0 Å². The van der Waals surface area contributed by atoms with E-state index in [1.807, 2.05) is 0 Å². The first-order chi connectivity index (χ1) is 18.1. The fourth-order valence-corrected chi connectivity index (χ4v) is 6.16. The highest BCUT2D eigenvalue weighted by Gasteiger charge is 2.16. The van der Waals surface area contributed by atoms with Gasteiger partial charge in [0, 0.05) is 16.7 Å². The van der Waals surface area contributed by atoms with Crippen molar-refractivity contribution in [1.29, 1.82) is 0 Å². The van der Waals surface area contributed by atoms with Crippen LogP contribution >= 0.6 is 0 Å². The van der Waals surface area contributed by atoms with Crippen LogP contribution < -0.4 is 0 Å². The van der Waals surface area contributed by atoms with E-state index in [1.165, 1.54) is 65.3 Å². The van der Waals surface area contributed by atoms with Crippen molar-refractivity contribution in [1.82, 2.24) is 9.47 Å². The molecular formula is C35H30N2. The second-order valence-corrected chi connectivity index (χ2v) is 10.6. The average molecular weight is 479 g/mol. The summed E-state index contributed by atoms with van der Waals surface area (Å²) in [6, 6.07) is 40.5. The van der Waals surface area contributed by atoms with Gasteiger partial charge < -0.3 is 4.57 Å². The standard InChI is InChI=1S/C35H30N2/c1-23(25-17-19-32-31-14-8-9-15-34(31)37(22-36(2)3)35(32)21-25)24-16-18-30-28-12-5-4-10-26(28)27-11-6-7-13-29(27)33(30)20-24/h4-21,23H,22H2,1-3H3. The number of fused-ring (bicyclic) bond motifs is 9. The minimum atomic E-state index is 0.282. The first-order valence-corrected chi connectivity index (χ1v) is 13.1. The Hall–Kier alpha value is -4.14. The molecule has 0 amide bonds. The SMILES string of the molecule is CC(c1ccc2c3ccccc3c3ccccc3c2c1)c1ccc2c3ccccc3n(CN(C)C)c2c1. The predicted molar refractivity (Wildman–Crippen MR) is 160 cm³/mol. The number of para-hydroxylation sites is 1. The molecule has 0 saturated heterocycles. The maximum Gasteiger partial charge on any atom is 0.0752 e. The van der Waals surface area contributed by atoms with E-state index in [4.69, 9.17) is 0 Å². The van der Waals surface area contributed by atoms with Crippen LogP contribution in [0.4, 0.5) is 0 Å². The zero-order valence-electron chi connectivity index (χ0n) is 21.6. The Morgan fingerprint density at radius 3 is 1.59 bits per heavy atom. The van der Waals surface area contributed by atoms with E-state index in [0.717, 1.165) is 6.67 Å². The van der Waals surface area contributed by atoms with Gasteiger partial charge >= 0.3 is 0 Å². The van der Waals surface area contributed by atoms with Crippen molar-refractivity contribution in [2.75, 3.05) is 14.1 Å². The molecule has 1 unspecified atom stereocenters. The van der Waals surface area contributed by atoms with Gasteiger partial charge in [-0.1, -0.05) is 97.9 Å². The predicted octanol–water partition coefficient (Wildman–Crippen LogP) is 8.93. The molecule has 6 aromatic carbocycles. The van der Waals surface area contributed by atoms with Crippen LogP contribution in [0.5, 0.6) is 0 Å². The second kappa shape index (κ2) is 8.47. The van der Waals surface area contributed by atoms with E-state index in [1.54, 1.807) is 0 Å². The summed E-state index contributed by atoms with van der Waals surface area (Å²) in [6.45, 7) is 3.20. The Morgan fingerprint density at radius 1 is 0.514 bits per heavy atom. The van der Waals surface area contributed by atoms with Crippen LogP contribution in [0.1, 0.15) is 24.0 Å². The highest BCUT2D eigenvalue weighted by molar-refractivity contribution is 6.25. The van der Waals surface area contributed by atoms with Crippen molar-refractivity contribution < 1.29 is 0 Å². The van der Waals surface area contributed by atoms with Crippen LogP contribution in [0.2, 0.25) is 0 Å². The number of nitrogens with zero attached hydrogens (tertiary/aromatic N) is 2. The van der Waals surface area contributed by atoms with Gasteiger partial charge in [0.15, 0.2) is 0 Å². The summed E-state index contributed by atoms with van der Waals surface area (Å²) in [4.78, 5) is 2.24. The molecule has 0 spiro atoms. The zero-order chi connectivity index (χ0) is 25.1. The molecule has 2 nitrogen and oxygen atoms in total. The monoisotopic (exact) mass is 478 g/mol. The van der Waals surface area contributed by atoms with Crippen molar-refractivity contribution in [2.45, 2.75) is 19.5 Å². The molecule has 0 radical (unpaired) electrons. The Bertz CT molecular complexity index is 1920. The number of hydrogen-bond donors (Lipinski definition) is 0. The van der Waals surface area contributed by atoms with E-state index in [0.29, 0.717) is 0 Å². The molecule has 0 aliphatic heterocycles. The first-order valence-electron chi connectivity index (χ1n) is 13.1. The molecule has 1 heterocycles. The van der Waals surface area contributed by atoms with Crippen molar-refractivity contribution in [2.24, 2.45) is 0 Å². The van der Waals surface area contributed by atoms with Crippen LogP contribution in [0.25, 0.3) is 54.1 Å². The molecule has 0 fully saturated rings. The van der Waals surface area contributed by atoms with Gasteiger partial charge in [-0.15, -0.1) is 0 Å². The van der Waals surface area contributed by atoms with Crippen molar-refractivity contribution in [3.05, 3.63) is 120 Å². The summed E-state index contributed by atoms with van der Waals surface area (Å²) >= 11 is 0. The Labute approximate surface area is 217 Å². The normalized spacial score (nSPS) is 13.0. The highest BCUT2D eigenvalue weighted by Crippen LogP contribution is 2.38. The number of hydrogen-bond acceptors (Lipinski definition) is 1. The molecule has 1 atom stereocenters. The maximum absolute atomic E-state index is 2.45. The van der Waals surface area contributed by atoms with E-state index in [9.17, 15) is 0 Å². The largest absolute Gasteiger partial charge is 0.327 e. The summed E-state index contributed by atoms with van der Waals surface area (Å²) in [5.41, 5.74) is 5.29. The average Bonchev–Trinajstić information content (AvgIpc) is 3.25. The van der Waals surface area contributed by atoms with E-state index < -0.39 is 0 Å². The zero-order valence-corrected chi connectivity index (χ0v) is 21.6. The molecule has 2 heteroatoms. The number of aromatic nitrogens is 1. The molecule has 7 rings (SSSR count). The third-order valence-corrected chi connectivity index (χ3v) is 7.99. The lowest BCUT2D eigenvalue weighted by molar-refractivity contribution is 0.338. The lowest BCUT2D eigenvalue weighted by Gasteiger charge is -2.17. The van der Waals surface area contributed by atoms with Gasteiger partial charge in [0.1, 0.15) is 0 Å². The first kappa shape index (κ1) is 22.1. The van der Waals surface area contributed by atoms with Crippen molar-refractivity contribution in [3.8, 4) is 0 Å². The Morgan fingerprint density at radius 2 is 0.973 bits per heavy atom. The van der Waals surface area contributed by atoms with Gasteiger partial charge in [0.05, 0.1) is 17.7 Å². The third-order valence-electron chi connectivity index (χ3n) is 7.99. The Balaban J connectivity index is 1.42. The minimum absolute atomic E-state index is 0.282. The van der Waals surface area contributed by atoms with Gasteiger partial charge in [-0.05, 0) is 75.7 Å². The molecule has 0 bridgehead atoms. The quantitative estimate of drug-likeness (QED) is 0.229. The Kier molecular flexibility index (Phi) is 5.05. The molecule has 7 aromatic rings. The van der Waals surface area contributed by atoms with Crippen LogP contribution in [0.15, 0.2) is 109 Å². The highest BCUT2D eigenvalue weighted by atomic mass is 15.2. The maximum atomic E-state index is 2.45. The summed E-state index contributed by atoms with van der Waals surface area (Å²) in [7, 11) is 4.27. The van der Waals surface area contributed by atoms with Gasteiger partial charge in [-0.25, -0.2) is 0 Å². The van der Waals surface area contributed by atoms with Crippen molar-refractivity contribution >= 4 is 54.1 Å². The van der Waals surface area contributed by atoms with Gasteiger partial charge in [-0.2, -0.15) is 0 Å². The van der Waals surface area contributed by atoms with Crippen LogP contribution in [-0.2, 0) is 6.67 Å². The number of rotatable bonds is 4. The molecule has 180 valence electrons.